The lowest BCUT2D eigenvalue weighted by Gasteiger charge is -2.06. The minimum atomic E-state index is -0.349. The molecule has 17 heavy (non-hydrogen) atoms. The molecule has 0 saturated heterocycles. The van der Waals surface area contributed by atoms with Crippen molar-refractivity contribution >= 4 is 16.9 Å². The number of carbonyl (C=O) groups excluding carboxylic acids is 1. The van der Waals surface area contributed by atoms with E-state index in [-0.39, 0.29) is 17.9 Å². The molecule has 0 bridgehead atoms. The number of methoxy groups -OCH3 is 1. The number of aromatic amines is 1. The van der Waals surface area contributed by atoms with Crippen LogP contribution in [0, 0.1) is 6.92 Å². The zero-order valence-electron chi connectivity index (χ0n) is 9.74. The SMILES string of the molecule is COC(=O)Cc1cc(=O)[nH]c2ccc(C)cc12. The van der Waals surface area contributed by atoms with E-state index in [9.17, 15) is 9.59 Å². The number of carbonyl (C=O) groups is 1. The summed E-state index contributed by atoms with van der Waals surface area (Å²) >= 11 is 0. The molecule has 0 amide bonds. The third kappa shape index (κ3) is 2.36. The number of fused-ring (bicyclic) bond motifs is 1. The van der Waals surface area contributed by atoms with E-state index in [4.69, 9.17) is 0 Å². The molecule has 1 aromatic carbocycles. The van der Waals surface area contributed by atoms with Gasteiger partial charge in [0.2, 0.25) is 5.56 Å². The second-order valence-corrected chi connectivity index (χ2v) is 3.96. The van der Waals surface area contributed by atoms with E-state index < -0.39 is 0 Å². The Morgan fingerprint density at radius 3 is 2.82 bits per heavy atom. The summed E-state index contributed by atoms with van der Waals surface area (Å²) < 4.78 is 4.62. The van der Waals surface area contributed by atoms with Gasteiger partial charge >= 0.3 is 5.97 Å². The van der Waals surface area contributed by atoms with Gasteiger partial charge in [-0.05, 0) is 24.6 Å². The van der Waals surface area contributed by atoms with Gasteiger partial charge in [0.25, 0.3) is 0 Å². The van der Waals surface area contributed by atoms with Gasteiger partial charge in [-0.15, -0.1) is 0 Å². The quantitative estimate of drug-likeness (QED) is 0.798. The van der Waals surface area contributed by atoms with Crippen molar-refractivity contribution in [2.24, 2.45) is 0 Å². The number of pyridine rings is 1. The van der Waals surface area contributed by atoms with Crippen molar-refractivity contribution < 1.29 is 9.53 Å². The first-order valence-corrected chi connectivity index (χ1v) is 5.29. The van der Waals surface area contributed by atoms with Crippen LogP contribution in [0.3, 0.4) is 0 Å². The summed E-state index contributed by atoms with van der Waals surface area (Å²) in [5.41, 5.74) is 2.30. The van der Waals surface area contributed by atoms with E-state index in [1.165, 1.54) is 13.2 Å². The number of hydrogen-bond acceptors (Lipinski definition) is 3. The standard InChI is InChI=1S/C13H13NO3/c1-8-3-4-11-10(5-8)9(6-12(15)14-11)7-13(16)17-2/h3-6H,7H2,1-2H3,(H,14,15). The van der Waals surface area contributed by atoms with E-state index in [0.29, 0.717) is 5.56 Å². The number of aromatic nitrogens is 1. The third-order valence-electron chi connectivity index (χ3n) is 2.65. The van der Waals surface area contributed by atoms with Crippen molar-refractivity contribution in [1.29, 1.82) is 0 Å². The third-order valence-corrected chi connectivity index (χ3v) is 2.65. The van der Waals surface area contributed by atoms with Crippen molar-refractivity contribution in [2.75, 3.05) is 7.11 Å². The molecule has 4 nitrogen and oxygen atoms in total. The van der Waals surface area contributed by atoms with Crippen molar-refractivity contribution in [3.8, 4) is 0 Å². The van der Waals surface area contributed by atoms with Crippen LogP contribution in [0.4, 0.5) is 0 Å². The minimum Gasteiger partial charge on any atom is -0.469 e. The average molecular weight is 231 g/mol. The highest BCUT2D eigenvalue weighted by molar-refractivity contribution is 5.86. The monoisotopic (exact) mass is 231 g/mol. The molecular weight excluding hydrogens is 218 g/mol. The van der Waals surface area contributed by atoms with Crippen LogP contribution in [0.2, 0.25) is 0 Å². The van der Waals surface area contributed by atoms with Crippen molar-refractivity contribution in [3.05, 3.63) is 45.7 Å². The maximum atomic E-state index is 11.5. The zero-order valence-corrected chi connectivity index (χ0v) is 9.74. The Morgan fingerprint density at radius 1 is 1.35 bits per heavy atom. The molecule has 0 aliphatic rings. The highest BCUT2D eigenvalue weighted by atomic mass is 16.5. The summed E-state index contributed by atoms with van der Waals surface area (Å²) in [6, 6.07) is 7.15. The van der Waals surface area contributed by atoms with Gasteiger partial charge in [-0.25, -0.2) is 0 Å². The molecule has 1 heterocycles. The van der Waals surface area contributed by atoms with Crippen molar-refractivity contribution in [3.63, 3.8) is 0 Å². The van der Waals surface area contributed by atoms with Crippen LogP contribution in [0.15, 0.2) is 29.1 Å². The number of H-pyrrole nitrogens is 1. The van der Waals surface area contributed by atoms with Crippen LogP contribution in [0.25, 0.3) is 10.9 Å². The molecule has 1 aromatic heterocycles. The summed E-state index contributed by atoms with van der Waals surface area (Å²) in [7, 11) is 1.34. The van der Waals surface area contributed by atoms with Gasteiger partial charge in [0, 0.05) is 17.0 Å². The molecular formula is C13H13NO3. The number of rotatable bonds is 2. The van der Waals surface area contributed by atoms with Gasteiger partial charge in [-0.1, -0.05) is 11.6 Å². The zero-order chi connectivity index (χ0) is 12.4. The minimum absolute atomic E-state index is 0.111. The highest BCUT2D eigenvalue weighted by Gasteiger charge is 2.08. The predicted octanol–water partition coefficient (Wildman–Crippen LogP) is 1.55. The Hall–Kier alpha value is -2.10. The van der Waals surface area contributed by atoms with Gasteiger partial charge in [0.1, 0.15) is 0 Å². The molecule has 0 spiro atoms. The Morgan fingerprint density at radius 2 is 2.12 bits per heavy atom. The van der Waals surface area contributed by atoms with Gasteiger partial charge in [0.05, 0.1) is 13.5 Å². The summed E-state index contributed by atoms with van der Waals surface area (Å²) in [6.45, 7) is 1.96. The first-order valence-electron chi connectivity index (χ1n) is 5.29. The fraction of sp³-hybridized carbons (Fsp3) is 0.231. The lowest BCUT2D eigenvalue weighted by atomic mass is 10.0. The van der Waals surface area contributed by atoms with Gasteiger partial charge < -0.3 is 9.72 Å². The van der Waals surface area contributed by atoms with Gasteiger partial charge in [0.15, 0.2) is 0 Å². The van der Waals surface area contributed by atoms with Crippen LogP contribution in [0.1, 0.15) is 11.1 Å². The fourth-order valence-electron chi connectivity index (χ4n) is 1.81. The van der Waals surface area contributed by atoms with Crippen LogP contribution >= 0.6 is 0 Å². The smallest absolute Gasteiger partial charge is 0.310 e. The molecule has 0 aliphatic carbocycles. The molecule has 0 aliphatic heterocycles. The average Bonchev–Trinajstić information content (AvgIpc) is 2.29. The lowest BCUT2D eigenvalue weighted by molar-refractivity contribution is -0.139. The molecule has 0 radical (unpaired) electrons. The molecule has 0 atom stereocenters. The summed E-state index contributed by atoms with van der Waals surface area (Å²) in [5, 5.41) is 0.884. The first-order chi connectivity index (χ1) is 8.10. The number of benzene rings is 1. The fourth-order valence-corrected chi connectivity index (χ4v) is 1.81. The molecule has 88 valence electrons. The molecule has 1 N–H and O–H groups in total. The molecule has 0 saturated carbocycles. The Bertz CT molecular complexity index is 628. The van der Waals surface area contributed by atoms with Crippen molar-refractivity contribution in [1.82, 2.24) is 4.98 Å². The summed E-state index contributed by atoms with van der Waals surface area (Å²) in [6.07, 6.45) is 0.111. The molecule has 4 heteroatoms. The Balaban J connectivity index is 2.63. The maximum absolute atomic E-state index is 11.5. The van der Waals surface area contributed by atoms with E-state index in [0.717, 1.165) is 16.5 Å². The van der Waals surface area contributed by atoms with Crippen LogP contribution in [0.5, 0.6) is 0 Å². The number of esters is 1. The maximum Gasteiger partial charge on any atom is 0.310 e. The number of nitrogens with one attached hydrogen (secondary N) is 1. The number of hydrogen-bond donors (Lipinski definition) is 1. The molecule has 0 unspecified atom stereocenters. The Kier molecular flexibility index (Phi) is 2.95. The first kappa shape index (κ1) is 11.4. The normalized spacial score (nSPS) is 10.5. The highest BCUT2D eigenvalue weighted by Crippen LogP contribution is 2.17. The van der Waals surface area contributed by atoms with Crippen LogP contribution < -0.4 is 5.56 Å². The summed E-state index contributed by atoms with van der Waals surface area (Å²) in [4.78, 5) is 25.5. The van der Waals surface area contributed by atoms with Gasteiger partial charge in [-0.3, -0.25) is 9.59 Å². The number of aryl methyl sites for hydroxylation is 1. The molecule has 2 rings (SSSR count). The predicted molar refractivity (Wildman–Crippen MR) is 65.0 cm³/mol. The Labute approximate surface area is 98.2 Å². The van der Waals surface area contributed by atoms with Crippen LogP contribution in [-0.4, -0.2) is 18.1 Å². The van der Waals surface area contributed by atoms with E-state index in [2.05, 4.69) is 9.72 Å². The van der Waals surface area contributed by atoms with E-state index in [1.807, 2.05) is 25.1 Å². The van der Waals surface area contributed by atoms with E-state index in [1.54, 1.807) is 0 Å². The molecule has 2 aromatic rings. The lowest BCUT2D eigenvalue weighted by Crippen LogP contribution is -2.11. The van der Waals surface area contributed by atoms with E-state index >= 15 is 0 Å². The second-order valence-electron chi connectivity index (χ2n) is 3.96. The molecule has 0 fully saturated rings. The van der Waals surface area contributed by atoms with Gasteiger partial charge in [-0.2, -0.15) is 0 Å². The number of ether oxygens (including phenoxy) is 1. The largest absolute Gasteiger partial charge is 0.469 e. The van der Waals surface area contributed by atoms with Crippen LogP contribution in [-0.2, 0) is 16.0 Å². The van der Waals surface area contributed by atoms with Crippen molar-refractivity contribution in [2.45, 2.75) is 13.3 Å². The topological polar surface area (TPSA) is 59.2 Å². The summed E-state index contributed by atoms with van der Waals surface area (Å²) in [5.74, 6) is -0.349. The second kappa shape index (κ2) is 4.41.